The van der Waals surface area contributed by atoms with E-state index in [-0.39, 0.29) is 11.7 Å². The van der Waals surface area contributed by atoms with Gasteiger partial charge in [-0.25, -0.2) is 4.39 Å². The zero-order valence-corrected chi connectivity index (χ0v) is 17.1. The van der Waals surface area contributed by atoms with E-state index in [1.54, 1.807) is 17.4 Å². The van der Waals surface area contributed by atoms with Crippen LogP contribution in [-0.4, -0.2) is 30.4 Å². The SMILES string of the molecule is O=C(NCC1CCN(Cc2cccs2)CC1)c1sc2cc(F)ccc2c1Cl. The highest BCUT2D eigenvalue weighted by Crippen LogP contribution is 2.35. The number of thiophene rings is 2. The van der Waals surface area contributed by atoms with Crippen LogP contribution in [0.3, 0.4) is 0 Å². The van der Waals surface area contributed by atoms with Gasteiger partial charge in [-0.05, 0) is 61.5 Å². The zero-order chi connectivity index (χ0) is 18.8. The summed E-state index contributed by atoms with van der Waals surface area (Å²) in [5.41, 5.74) is 0. The van der Waals surface area contributed by atoms with Crippen LogP contribution >= 0.6 is 34.3 Å². The van der Waals surface area contributed by atoms with Crippen LogP contribution in [0.15, 0.2) is 35.7 Å². The minimum absolute atomic E-state index is 0.164. The van der Waals surface area contributed by atoms with Gasteiger partial charge in [-0.3, -0.25) is 9.69 Å². The van der Waals surface area contributed by atoms with Crippen molar-refractivity contribution in [2.75, 3.05) is 19.6 Å². The second-order valence-electron chi connectivity index (χ2n) is 6.89. The summed E-state index contributed by atoms with van der Waals surface area (Å²) in [4.78, 5) is 16.9. The van der Waals surface area contributed by atoms with E-state index < -0.39 is 0 Å². The number of hydrogen-bond acceptors (Lipinski definition) is 4. The largest absolute Gasteiger partial charge is 0.351 e. The molecule has 0 bridgehead atoms. The lowest BCUT2D eigenvalue weighted by molar-refractivity contribution is 0.0939. The van der Waals surface area contributed by atoms with Crippen LogP contribution in [0.2, 0.25) is 5.02 Å². The molecule has 1 aliphatic rings. The maximum Gasteiger partial charge on any atom is 0.262 e. The van der Waals surface area contributed by atoms with Crippen molar-refractivity contribution in [1.82, 2.24) is 10.2 Å². The van der Waals surface area contributed by atoms with Gasteiger partial charge in [0, 0.05) is 28.1 Å². The molecule has 3 aromatic rings. The molecule has 27 heavy (non-hydrogen) atoms. The van der Waals surface area contributed by atoms with Crippen LogP contribution in [0.1, 0.15) is 27.4 Å². The van der Waals surface area contributed by atoms with E-state index in [1.165, 1.54) is 28.3 Å². The molecule has 1 amide bonds. The number of rotatable bonds is 5. The number of carbonyl (C=O) groups is 1. The lowest BCUT2D eigenvalue weighted by Gasteiger charge is -2.31. The summed E-state index contributed by atoms with van der Waals surface area (Å²) in [5.74, 6) is 0.00319. The molecule has 1 aliphatic heterocycles. The number of nitrogens with zero attached hydrogens (tertiary/aromatic N) is 1. The van der Waals surface area contributed by atoms with Gasteiger partial charge < -0.3 is 5.32 Å². The number of hydrogen-bond donors (Lipinski definition) is 1. The molecule has 142 valence electrons. The highest BCUT2D eigenvalue weighted by Gasteiger charge is 2.22. The van der Waals surface area contributed by atoms with Crippen LogP contribution in [0.5, 0.6) is 0 Å². The van der Waals surface area contributed by atoms with Crippen LogP contribution in [0, 0.1) is 11.7 Å². The highest BCUT2D eigenvalue weighted by atomic mass is 35.5. The first kappa shape index (κ1) is 18.9. The van der Waals surface area contributed by atoms with Crippen molar-refractivity contribution in [3.63, 3.8) is 0 Å². The van der Waals surface area contributed by atoms with Gasteiger partial charge in [-0.2, -0.15) is 0 Å². The molecule has 1 fully saturated rings. The molecule has 4 rings (SSSR count). The fraction of sp³-hybridized carbons (Fsp3) is 0.350. The molecule has 0 aliphatic carbocycles. The first-order valence-electron chi connectivity index (χ1n) is 9.00. The number of fused-ring (bicyclic) bond motifs is 1. The molecule has 2 aromatic heterocycles. The Kier molecular flexibility index (Phi) is 5.78. The number of likely N-dealkylation sites (tertiary alicyclic amines) is 1. The van der Waals surface area contributed by atoms with Gasteiger partial charge >= 0.3 is 0 Å². The monoisotopic (exact) mass is 422 g/mol. The van der Waals surface area contributed by atoms with Crippen molar-refractivity contribution in [1.29, 1.82) is 0 Å². The summed E-state index contributed by atoms with van der Waals surface area (Å²) >= 11 is 9.38. The van der Waals surface area contributed by atoms with Gasteiger partial charge in [0.05, 0.1) is 5.02 Å². The van der Waals surface area contributed by atoms with Gasteiger partial charge in [-0.1, -0.05) is 17.7 Å². The molecular weight excluding hydrogens is 403 g/mol. The van der Waals surface area contributed by atoms with Gasteiger partial charge in [-0.15, -0.1) is 22.7 Å². The molecular formula is C20H20ClFN2OS2. The summed E-state index contributed by atoms with van der Waals surface area (Å²) in [6, 6.07) is 8.69. The molecule has 0 spiro atoms. The Morgan fingerprint density at radius 1 is 1.30 bits per heavy atom. The van der Waals surface area contributed by atoms with Crippen molar-refractivity contribution in [2.24, 2.45) is 5.92 Å². The standard InChI is InChI=1S/C20H20ClFN2OS2/c21-18-16-4-3-14(22)10-17(16)27-19(18)20(25)23-11-13-5-7-24(8-6-13)12-15-2-1-9-26-15/h1-4,9-10,13H,5-8,11-12H2,(H,23,25). The Bertz CT molecular complexity index is 933. The number of benzene rings is 1. The van der Waals surface area contributed by atoms with E-state index in [4.69, 9.17) is 11.6 Å². The third kappa shape index (κ3) is 4.35. The zero-order valence-electron chi connectivity index (χ0n) is 14.7. The molecule has 1 aromatic carbocycles. The number of halogens is 2. The predicted molar refractivity (Wildman–Crippen MR) is 111 cm³/mol. The summed E-state index contributed by atoms with van der Waals surface area (Å²) in [5, 5.41) is 6.29. The fourth-order valence-corrected chi connectivity index (χ4v) is 5.68. The molecule has 0 atom stereocenters. The summed E-state index contributed by atoms with van der Waals surface area (Å²) < 4.78 is 14.1. The maximum absolute atomic E-state index is 13.4. The summed E-state index contributed by atoms with van der Waals surface area (Å²) in [6.45, 7) is 3.79. The normalized spacial score (nSPS) is 16.1. The average molecular weight is 423 g/mol. The van der Waals surface area contributed by atoms with Crippen LogP contribution < -0.4 is 5.32 Å². The lowest BCUT2D eigenvalue weighted by atomic mass is 9.96. The van der Waals surface area contributed by atoms with Crippen molar-refractivity contribution in [2.45, 2.75) is 19.4 Å². The Morgan fingerprint density at radius 3 is 2.85 bits per heavy atom. The Morgan fingerprint density at radius 2 is 2.11 bits per heavy atom. The topological polar surface area (TPSA) is 32.3 Å². The minimum atomic E-state index is -0.318. The molecule has 0 unspecified atom stereocenters. The summed E-state index contributed by atoms with van der Waals surface area (Å²) in [7, 11) is 0. The molecule has 0 saturated carbocycles. The van der Waals surface area contributed by atoms with Crippen LogP contribution in [0.4, 0.5) is 4.39 Å². The van der Waals surface area contributed by atoms with E-state index in [0.717, 1.165) is 37.9 Å². The molecule has 3 heterocycles. The minimum Gasteiger partial charge on any atom is -0.351 e. The summed E-state index contributed by atoms with van der Waals surface area (Å²) in [6.07, 6.45) is 2.16. The Hall–Kier alpha value is -1.47. The Balaban J connectivity index is 1.30. The van der Waals surface area contributed by atoms with E-state index in [2.05, 4.69) is 27.7 Å². The molecule has 3 nitrogen and oxygen atoms in total. The number of piperidine rings is 1. The van der Waals surface area contributed by atoms with Crippen molar-refractivity contribution in [3.05, 3.63) is 56.3 Å². The van der Waals surface area contributed by atoms with Gasteiger partial charge in [0.25, 0.3) is 5.91 Å². The number of carbonyl (C=O) groups excluding carboxylic acids is 1. The maximum atomic E-state index is 13.4. The van der Waals surface area contributed by atoms with Crippen LogP contribution in [-0.2, 0) is 6.54 Å². The smallest absolute Gasteiger partial charge is 0.262 e. The molecule has 1 saturated heterocycles. The van der Waals surface area contributed by atoms with Gasteiger partial charge in [0.2, 0.25) is 0 Å². The highest BCUT2D eigenvalue weighted by molar-refractivity contribution is 7.21. The predicted octanol–water partition coefficient (Wildman–Crippen LogP) is 5.40. The fourth-order valence-electron chi connectivity index (χ4n) is 3.47. The van der Waals surface area contributed by atoms with Gasteiger partial charge in [0.1, 0.15) is 10.7 Å². The quantitative estimate of drug-likeness (QED) is 0.597. The third-order valence-corrected chi connectivity index (χ3v) is 7.53. The second kappa shape index (κ2) is 8.27. The van der Waals surface area contributed by atoms with Gasteiger partial charge in [0.15, 0.2) is 0 Å². The molecule has 1 N–H and O–H groups in total. The van der Waals surface area contributed by atoms with Crippen molar-refractivity contribution < 1.29 is 9.18 Å². The van der Waals surface area contributed by atoms with Crippen molar-refractivity contribution in [3.8, 4) is 0 Å². The van der Waals surface area contributed by atoms with Crippen molar-refractivity contribution >= 4 is 50.3 Å². The number of amides is 1. The van der Waals surface area contributed by atoms with E-state index in [9.17, 15) is 9.18 Å². The first-order valence-corrected chi connectivity index (χ1v) is 11.1. The molecule has 0 radical (unpaired) electrons. The first-order chi connectivity index (χ1) is 13.1. The average Bonchev–Trinajstić information content (AvgIpc) is 3.29. The van der Waals surface area contributed by atoms with E-state index in [1.807, 2.05) is 0 Å². The Labute approximate surface area is 170 Å². The van der Waals surface area contributed by atoms with E-state index in [0.29, 0.717) is 27.1 Å². The third-order valence-electron chi connectivity index (χ3n) is 5.02. The number of nitrogens with one attached hydrogen (secondary N) is 1. The van der Waals surface area contributed by atoms with Crippen LogP contribution in [0.25, 0.3) is 10.1 Å². The second-order valence-corrected chi connectivity index (χ2v) is 9.36. The lowest BCUT2D eigenvalue weighted by Crippen LogP contribution is -2.38. The van der Waals surface area contributed by atoms with E-state index >= 15 is 0 Å². The molecule has 7 heteroatoms.